The van der Waals surface area contributed by atoms with Crippen LogP contribution in [0.25, 0.3) is 0 Å². The van der Waals surface area contributed by atoms with E-state index < -0.39 is 0 Å². The quantitative estimate of drug-likeness (QED) is 0.800. The third kappa shape index (κ3) is 5.34. The van der Waals surface area contributed by atoms with Crippen LogP contribution in [0.5, 0.6) is 0 Å². The molecule has 0 bridgehead atoms. The van der Waals surface area contributed by atoms with Crippen molar-refractivity contribution in [1.29, 1.82) is 0 Å². The zero-order valence-electron chi connectivity index (χ0n) is 14.0. The predicted octanol–water partition coefficient (Wildman–Crippen LogP) is 3.14. The number of rotatable bonds is 4. The van der Waals surface area contributed by atoms with E-state index in [1.54, 1.807) is 0 Å². The summed E-state index contributed by atoms with van der Waals surface area (Å²) in [6, 6.07) is 8.11. The monoisotopic (exact) mass is 303 g/mol. The zero-order valence-corrected chi connectivity index (χ0v) is 14.0. The number of nitrogens with one attached hydrogen (secondary N) is 2. The summed E-state index contributed by atoms with van der Waals surface area (Å²) in [5.74, 6) is 0.684. The minimum atomic E-state index is -0.212. The van der Waals surface area contributed by atoms with Crippen molar-refractivity contribution in [3.8, 4) is 0 Å². The normalized spacial score (nSPS) is 22.2. The Hall–Kier alpha value is -1.55. The van der Waals surface area contributed by atoms with E-state index in [1.165, 1.54) is 12.8 Å². The van der Waals surface area contributed by atoms with Gasteiger partial charge in [-0.25, -0.2) is 0 Å². The lowest BCUT2D eigenvalue weighted by Crippen LogP contribution is -2.40. The fourth-order valence-corrected chi connectivity index (χ4v) is 2.81. The van der Waals surface area contributed by atoms with Crippen molar-refractivity contribution in [2.45, 2.75) is 58.0 Å². The van der Waals surface area contributed by atoms with Gasteiger partial charge < -0.3 is 16.4 Å². The SMILES string of the molecule is CC(C)(C)NC(=O)c1ccc(NC[C@H]2CC[C@H](N)CC2)cc1. The standard InChI is InChI=1S/C18H29N3O/c1-18(2,3)21-17(22)14-6-10-16(11-7-14)20-12-13-4-8-15(19)9-5-13/h6-7,10-11,13,15,20H,4-5,8-9,12,19H2,1-3H3,(H,21,22)/t13-,15-. The average molecular weight is 303 g/mol. The maximum atomic E-state index is 12.1. The second-order valence-corrected chi connectivity index (χ2v) is 7.44. The number of carbonyl (C=O) groups is 1. The highest BCUT2D eigenvalue weighted by molar-refractivity contribution is 5.94. The maximum absolute atomic E-state index is 12.1. The van der Waals surface area contributed by atoms with Gasteiger partial charge in [0.05, 0.1) is 0 Å². The number of benzene rings is 1. The van der Waals surface area contributed by atoms with Gasteiger partial charge in [-0.3, -0.25) is 4.79 Å². The first-order valence-electron chi connectivity index (χ1n) is 8.25. The Balaban J connectivity index is 1.83. The van der Waals surface area contributed by atoms with Crippen LogP contribution >= 0.6 is 0 Å². The lowest BCUT2D eigenvalue weighted by molar-refractivity contribution is 0.0919. The fourth-order valence-electron chi connectivity index (χ4n) is 2.81. The van der Waals surface area contributed by atoms with Gasteiger partial charge in [-0.1, -0.05) is 0 Å². The van der Waals surface area contributed by atoms with Crippen LogP contribution in [0.15, 0.2) is 24.3 Å². The van der Waals surface area contributed by atoms with Crippen LogP contribution in [0.4, 0.5) is 5.69 Å². The summed E-state index contributed by atoms with van der Waals surface area (Å²) >= 11 is 0. The third-order valence-electron chi connectivity index (χ3n) is 4.12. The molecule has 0 aliphatic heterocycles. The fraction of sp³-hybridized carbons (Fsp3) is 0.611. The first-order valence-corrected chi connectivity index (χ1v) is 8.25. The van der Waals surface area contributed by atoms with E-state index in [1.807, 2.05) is 45.0 Å². The lowest BCUT2D eigenvalue weighted by Gasteiger charge is -2.26. The molecule has 1 saturated carbocycles. The molecule has 0 heterocycles. The summed E-state index contributed by atoms with van der Waals surface area (Å²) in [6.07, 6.45) is 4.69. The number of nitrogens with two attached hydrogens (primary N) is 1. The largest absolute Gasteiger partial charge is 0.385 e. The molecule has 1 amide bonds. The third-order valence-corrected chi connectivity index (χ3v) is 4.12. The summed E-state index contributed by atoms with van der Waals surface area (Å²) in [5, 5.41) is 6.44. The Morgan fingerprint density at radius 1 is 1.14 bits per heavy atom. The molecule has 0 spiro atoms. The van der Waals surface area contributed by atoms with Crippen molar-refractivity contribution >= 4 is 11.6 Å². The van der Waals surface area contributed by atoms with Gasteiger partial charge in [-0.15, -0.1) is 0 Å². The Morgan fingerprint density at radius 2 is 1.73 bits per heavy atom. The minimum absolute atomic E-state index is 0.0275. The Morgan fingerprint density at radius 3 is 2.27 bits per heavy atom. The highest BCUT2D eigenvalue weighted by atomic mass is 16.1. The first kappa shape index (κ1) is 16.8. The van der Waals surface area contributed by atoms with Crippen molar-refractivity contribution in [3.05, 3.63) is 29.8 Å². The van der Waals surface area contributed by atoms with Crippen molar-refractivity contribution in [2.24, 2.45) is 11.7 Å². The first-order chi connectivity index (χ1) is 10.3. The molecule has 2 rings (SSSR count). The molecule has 1 aromatic rings. The van der Waals surface area contributed by atoms with Gasteiger partial charge in [0.15, 0.2) is 0 Å². The Kier molecular flexibility index (Phi) is 5.46. The van der Waals surface area contributed by atoms with E-state index in [9.17, 15) is 4.79 Å². The Bertz CT molecular complexity index is 482. The molecular formula is C18H29N3O. The van der Waals surface area contributed by atoms with Crippen LogP contribution in [0, 0.1) is 5.92 Å². The van der Waals surface area contributed by atoms with Crippen LogP contribution in [-0.4, -0.2) is 24.0 Å². The van der Waals surface area contributed by atoms with E-state index in [4.69, 9.17) is 5.73 Å². The van der Waals surface area contributed by atoms with Gasteiger partial charge >= 0.3 is 0 Å². The second-order valence-electron chi connectivity index (χ2n) is 7.44. The van der Waals surface area contributed by atoms with Crippen molar-refractivity contribution in [3.63, 3.8) is 0 Å². The molecule has 1 aromatic carbocycles. The molecule has 1 aliphatic carbocycles. The van der Waals surface area contributed by atoms with Gasteiger partial charge in [0.2, 0.25) is 0 Å². The van der Waals surface area contributed by atoms with E-state index >= 15 is 0 Å². The summed E-state index contributed by atoms with van der Waals surface area (Å²) in [5.41, 5.74) is 7.49. The van der Waals surface area contributed by atoms with Gasteiger partial charge in [0.1, 0.15) is 0 Å². The van der Waals surface area contributed by atoms with Crippen LogP contribution in [0.1, 0.15) is 56.8 Å². The highest BCUT2D eigenvalue weighted by Crippen LogP contribution is 2.23. The van der Waals surface area contributed by atoms with Crippen LogP contribution in [0.3, 0.4) is 0 Å². The average Bonchev–Trinajstić information content (AvgIpc) is 2.45. The summed E-state index contributed by atoms with van der Waals surface area (Å²) in [6.45, 7) is 6.94. The number of hydrogen-bond donors (Lipinski definition) is 3. The molecule has 22 heavy (non-hydrogen) atoms. The highest BCUT2D eigenvalue weighted by Gasteiger charge is 2.18. The van der Waals surface area contributed by atoms with Gasteiger partial charge in [0.25, 0.3) is 5.91 Å². The number of carbonyl (C=O) groups excluding carboxylic acids is 1. The van der Waals surface area contributed by atoms with E-state index in [2.05, 4.69) is 10.6 Å². The smallest absolute Gasteiger partial charge is 0.251 e. The molecule has 0 atom stereocenters. The number of anilines is 1. The van der Waals surface area contributed by atoms with Crippen molar-refractivity contribution in [1.82, 2.24) is 5.32 Å². The Labute approximate surface area is 133 Å². The number of amides is 1. The molecule has 4 N–H and O–H groups in total. The van der Waals surface area contributed by atoms with E-state index in [0.29, 0.717) is 17.5 Å². The topological polar surface area (TPSA) is 67.2 Å². The van der Waals surface area contributed by atoms with Crippen LogP contribution < -0.4 is 16.4 Å². The summed E-state index contributed by atoms with van der Waals surface area (Å²) < 4.78 is 0. The molecule has 1 aliphatic rings. The molecule has 0 unspecified atom stereocenters. The molecule has 122 valence electrons. The van der Waals surface area contributed by atoms with Crippen LogP contribution in [0.2, 0.25) is 0 Å². The zero-order chi connectivity index (χ0) is 16.2. The molecule has 4 nitrogen and oxygen atoms in total. The molecular weight excluding hydrogens is 274 g/mol. The maximum Gasteiger partial charge on any atom is 0.251 e. The van der Waals surface area contributed by atoms with Crippen LogP contribution in [-0.2, 0) is 0 Å². The molecule has 0 aromatic heterocycles. The molecule has 4 heteroatoms. The van der Waals surface area contributed by atoms with Gasteiger partial charge in [0, 0.05) is 29.4 Å². The minimum Gasteiger partial charge on any atom is -0.385 e. The molecule has 1 fully saturated rings. The van der Waals surface area contributed by atoms with E-state index in [0.717, 1.165) is 25.1 Å². The lowest BCUT2D eigenvalue weighted by atomic mass is 9.86. The van der Waals surface area contributed by atoms with E-state index in [-0.39, 0.29) is 11.4 Å². The summed E-state index contributed by atoms with van der Waals surface area (Å²) in [4.78, 5) is 12.1. The summed E-state index contributed by atoms with van der Waals surface area (Å²) in [7, 11) is 0. The van der Waals surface area contributed by atoms with Crippen molar-refractivity contribution in [2.75, 3.05) is 11.9 Å². The molecule has 0 saturated heterocycles. The second kappa shape index (κ2) is 7.14. The molecule has 0 radical (unpaired) electrons. The van der Waals surface area contributed by atoms with Gasteiger partial charge in [-0.05, 0) is 76.6 Å². The van der Waals surface area contributed by atoms with Crippen molar-refractivity contribution < 1.29 is 4.79 Å². The predicted molar refractivity (Wildman–Crippen MR) is 92.1 cm³/mol. The van der Waals surface area contributed by atoms with Gasteiger partial charge in [-0.2, -0.15) is 0 Å². The number of hydrogen-bond acceptors (Lipinski definition) is 3.